The van der Waals surface area contributed by atoms with E-state index in [1.807, 2.05) is 13.8 Å². The van der Waals surface area contributed by atoms with E-state index < -0.39 is 0 Å². The van der Waals surface area contributed by atoms with Crippen LogP contribution in [0.15, 0.2) is 0 Å². The summed E-state index contributed by atoms with van der Waals surface area (Å²) in [6.45, 7) is 6.02. The normalized spacial score (nSPS) is 32.7. The highest BCUT2D eigenvalue weighted by Crippen LogP contribution is 2.28. The molecule has 0 spiro atoms. The summed E-state index contributed by atoms with van der Waals surface area (Å²) in [7, 11) is 2.17. The second-order valence-electron chi connectivity index (χ2n) is 4.97. The predicted octanol–water partition coefficient (Wildman–Crippen LogP) is 0.947. The van der Waals surface area contributed by atoms with Gasteiger partial charge in [0, 0.05) is 31.1 Å². The van der Waals surface area contributed by atoms with Crippen molar-refractivity contribution >= 4 is 5.91 Å². The molecule has 2 bridgehead atoms. The van der Waals surface area contributed by atoms with E-state index in [1.165, 1.54) is 12.8 Å². The summed E-state index contributed by atoms with van der Waals surface area (Å²) in [4.78, 5) is 16.4. The standard InChI is InChI=1S/C11H20N2O/c1-8(2)11(14)13-7-9-4-5-10(13)6-12(9)3/h8-10H,4-7H2,1-3H3. The van der Waals surface area contributed by atoms with Crippen molar-refractivity contribution in [1.82, 2.24) is 9.80 Å². The van der Waals surface area contributed by atoms with E-state index in [1.54, 1.807) is 0 Å². The summed E-state index contributed by atoms with van der Waals surface area (Å²) < 4.78 is 0. The minimum atomic E-state index is 0.152. The Morgan fingerprint density at radius 2 is 1.86 bits per heavy atom. The second-order valence-corrected chi connectivity index (χ2v) is 4.97. The van der Waals surface area contributed by atoms with Gasteiger partial charge in [0.1, 0.15) is 0 Å². The van der Waals surface area contributed by atoms with Gasteiger partial charge in [-0.1, -0.05) is 13.8 Å². The van der Waals surface area contributed by atoms with Crippen molar-refractivity contribution in [2.75, 3.05) is 20.1 Å². The molecule has 0 radical (unpaired) electrons. The Labute approximate surface area is 86.1 Å². The summed E-state index contributed by atoms with van der Waals surface area (Å²) in [5, 5.41) is 0. The first-order valence-corrected chi connectivity index (χ1v) is 5.60. The molecule has 3 saturated heterocycles. The van der Waals surface area contributed by atoms with Gasteiger partial charge in [-0.25, -0.2) is 0 Å². The number of fused-ring (bicyclic) bond motifs is 3. The average molecular weight is 196 g/mol. The average Bonchev–Trinajstić information content (AvgIpc) is 2.17. The lowest BCUT2D eigenvalue weighted by atomic mass is 9.90. The van der Waals surface area contributed by atoms with Crippen molar-refractivity contribution in [2.45, 2.75) is 38.8 Å². The van der Waals surface area contributed by atoms with Gasteiger partial charge in [0.15, 0.2) is 0 Å². The topological polar surface area (TPSA) is 23.6 Å². The number of piperidine rings is 2. The fraction of sp³-hybridized carbons (Fsp3) is 0.909. The minimum Gasteiger partial charge on any atom is -0.337 e. The molecule has 2 unspecified atom stereocenters. The van der Waals surface area contributed by atoms with Crippen molar-refractivity contribution < 1.29 is 4.79 Å². The number of likely N-dealkylation sites (N-methyl/N-ethyl adjacent to an activating group) is 1. The molecule has 3 heteroatoms. The fourth-order valence-electron chi connectivity index (χ4n) is 2.64. The molecule has 1 amide bonds. The molecule has 3 aliphatic heterocycles. The minimum absolute atomic E-state index is 0.152. The lowest BCUT2D eigenvalue weighted by Crippen LogP contribution is -2.63. The third-order valence-corrected chi connectivity index (χ3v) is 3.58. The van der Waals surface area contributed by atoms with Gasteiger partial charge in [-0.15, -0.1) is 0 Å². The van der Waals surface area contributed by atoms with Crippen LogP contribution in [0.2, 0.25) is 0 Å². The van der Waals surface area contributed by atoms with Crippen molar-refractivity contribution in [3.05, 3.63) is 0 Å². The molecule has 0 saturated carbocycles. The van der Waals surface area contributed by atoms with Gasteiger partial charge in [0.2, 0.25) is 5.91 Å². The Hall–Kier alpha value is -0.570. The van der Waals surface area contributed by atoms with Crippen molar-refractivity contribution in [1.29, 1.82) is 0 Å². The second kappa shape index (κ2) is 3.54. The summed E-state index contributed by atoms with van der Waals surface area (Å²) in [6, 6.07) is 1.10. The van der Waals surface area contributed by atoms with E-state index in [0.29, 0.717) is 18.0 Å². The number of amides is 1. The summed E-state index contributed by atoms with van der Waals surface area (Å²) in [5.41, 5.74) is 0. The number of hydrogen-bond acceptors (Lipinski definition) is 2. The molecule has 0 N–H and O–H groups in total. The molecular weight excluding hydrogens is 176 g/mol. The number of nitrogens with zero attached hydrogens (tertiary/aromatic N) is 2. The molecule has 3 fully saturated rings. The molecule has 14 heavy (non-hydrogen) atoms. The Bertz CT molecular complexity index is 239. The third-order valence-electron chi connectivity index (χ3n) is 3.58. The van der Waals surface area contributed by atoms with Gasteiger partial charge in [-0.2, -0.15) is 0 Å². The van der Waals surface area contributed by atoms with Crippen LogP contribution in [-0.4, -0.2) is 47.9 Å². The van der Waals surface area contributed by atoms with Gasteiger partial charge in [-0.3, -0.25) is 9.69 Å². The first-order chi connectivity index (χ1) is 6.59. The maximum absolute atomic E-state index is 11.9. The van der Waals surface area contributed by atoms with E-state index in [0.717, 1.165) is 13.1 Å². The smallest absolute Gasteiger partial charge is 0.225 e. The van der Waals surface area contributed by atoms with Crippen LogP contribution in [0.4, 0.5) is 0 Å². The summed E-state index contributed by atoms with van der Waals surface area (Å²) >= 11 is 0. The SMILES string of the molecule is CC(C)C(=O)N1CC2CCC1CN2C. The molecule has 0 aromatic rings. The quantitative estimate of drug-likeness (QED) is 0.623. The van der Waals surface area contributed by atoms with Gasteiger partial charge in [0.25, 0.3) is 0 Å². The van der Waals surface area contributed by atoms with Crippen molar-refractivity contribution in [2.24, 2.45) is 5.92 Å². The maximum Gasteiger partial charge on any atom is 0.225 e. The molecule has 2 atom stereocenters. The van der Waals surface area contributed by atoms with Crippen LogP contribution in [0.3, 0.4) is 0 Å². The highest BCUT2D eigenvalue weighted by atomic mass is 16.2. The molecule has 0 aliphatic carbocycles. The Morgan fingerprint density at radius 3 is 2.29 bits per heavy atom. The van der Waals surface area contributed by atoms with Crippen LogP contribution < -0.4 is 0 Å². The molecule has 3 rings (SSSR count). The Morgan fingerprint density at radius 1 is 1.21 bits per heavy atom. The Balaban J connectivity index is 2.07. The number of rotatable bonds is 1. The van der Waals surface area contributed by atoms with Crippen LogP contribution in [0.5, 0.6) is 0 Å². The van der Waals surface area contributed by atoms with Crippen LogP contribution >= 0.6 is 0 Å². The summed E-state index contributed by atoms with van der Waals surface area (Å²) in [5.74, 6) is 0.493. The largest absolute Gasteiger partial charge is 0.337 e. The van der Waals surface area contributed by atoms with Crippen LogP contribution in [0.1, 0.15) is 26.7 Å². The first-order valence-electron chi connectivity index (χ1n) is 5.60. The highest BCUT2D eigenvalue weighted by molar-refractivity contribution is 5.78. The van der Waals surface area contributed by atoms with Crippen LogP contribution in [0, 0.1) is 5.92 Å². The van der Waals surface area contributed by atoms with Crippen molar-refractivity contribution in [3.63, 3.8) is 0 Å². The number of carbonyl (C=O) groups excluding carboxylic acids is 1. The van der Waals surface area contributed by atoms with Gasteiger partial charge >= 0.3 is 0 Å². The molecule has 3 nitrogen and oxygen atoms in total. The monoisotopic (exact) mass is 196 g/mol. The zero-order valence-corrected chi connectivity index (χ0v) is 9.36. The van der Waals surface area contributed by atoms with Gasteiger partial charge in [-0.05, 0) is 19.9 Å². The predicted molar refractivity (Wildman–Crippen MR) is 56.0 cm³/mol. The lowest BCUT2D eigenvalue weighted by molar-refractivity contribution is -0.144. The van der Waals surface area contributed by atoms with E-state index in [4.69, 9.17) is 0 Å². The van der Waals surface area contributed by atoms with Crippen molar-refractivity contribution in [3.8, 4) is 0 Å². The van der Waals surface area contributed by atoms with E-state index >= 15 is 0 Å². The molecule has 0 aromatic carbocycles. The molecule has 80 valence electrons. The zero-order chi connectivity index (χ0) is 10.3. The number of hydrogen-bond donors (Lipinski definition) is 0. The van der Waals surface area contributed by atoms with E-state index in [2.05, 4.69) is 16.8 Å². The summed E-state index contributed by atoms with van der Waals surface area (Å²) in [6.07, 6.45) is 2.47. The van der Waals surface area contributed by atoms with E-state index in [9.17, 15) is 4.79 Å². The Kier molecular flexibility index (Phi) is 2.52. The van der Waals surface area contributed by atoms with E-state index in [-0.39, 0.29) is 5.92 Å². The molecule has 3 heterocycles. The fourth-order valence-corrected chi connectivity index (χ4v) is 2.64. The number of carbonyl (C=O) groups is 1. The molecule has 0 aromatic heterocycles. The number of piperazine rings is 1. The zero-order valence-electron chi connectivity index (χ0n) is 9.36. The maximum atomic E-state index is 11.9. The highest BCUT2D eigenvalue weighted by Gasteiger charge is 2.39. The van der Waals surface area contributed by atoms with Crippen LogP contribution in [0.25, 0.3) is 0 Å². The van der Waals surface area contributed by atoms with Crippen LogP contribution in [-0.2, 0) is 4.79 Å². The molecule has 3 aliphatic rings. The van der Waals surface area contributed by atoms with Gasteiger partial charge in [0.05, 0.1) is 0 Å². The van der Waals surface area contributed by atoms with Gasteiger partial charge < -0.3 is 4.90 Å². The first kappa shape index (κ1) is 9.97. The lowest BCUT2D eigenvalue weighted by Gasteiger charge is -2.50. The molecular formula is C11H20N2O. The third kappa shape index (κ3) is 1.54.